The predicted octanol–water partition coefficient (Wildman–Crippen LogP) is 1.64. The zero-order valence-corrected chi connectivity index (χ0v) is 11.3. The van der Waals surface area contributed by atoms with Crippen LogP contribution >= 0.6 is 15.9 Å². The molecule has 1 unspecified atom stereocenters. The Morgan fingerprint density at radius 1 is 1.35 bits per heavy atom. The van der Waals surface area contributed by atoms with Crippen molar-refractivity contribution in [3.63, 3.8) is 0 Å². The van der Waals surface area contributed by atoms with Crippen molar-refractivity contribution in [3.05, 3.63) is 33.8 Å². The minimum atomic E-state index is -4.65. The van der Waals surface area contributed by atoms with Gasteiger partial charge >= 0.3 is 12.1 Å². The van der Waals surface area contributed by atoms with Crippen LogP contribution in [0.25, 0.3) is 0 Å². The van der Waals surface area contributed by atoms with E-state index in [1.165, 1.54) is 0 Å². The lowest BCUT2D eigenvalue weighted by atomic mass is 10.1. The molecule has 0 aliphatic heterocycles. The first-order chi connectivity index (χ1) is 9.16. The average Bonchev–Trinajstić information content (AvgIpc) is 2.34. The number of carboxylic acid groups (broad SMARTS) is 1. The quantitative estimate of drug-likeness (QED) is 0.766. The van der Waals surface area contributed by atoms with E-state index in [-0.39, 0.29) is 10.0 Å². The fourth-order valence-electron chi connectivity index (χ4n) is 1.31. The fraction of sp³-hybridized carbons (Fsp3) is 0.273. The number of amides is 1. The zero-order valence-electron chi connectivity index (χ0n) is 9.74. The molecule has 20 heavy (non-hydrogen) atoms. The van der Waals surface area contributed by atoms with Crippen LogP contribution in [0.2, 0.25) is 0 Å². The Balaban J connectivity index is 3.03. The number of carbonyl (C=O) groups excluding carboxylic acids is 1. The lowest BCUT2D eigenvalue weighted by Gasteiger charge is -2.14. The first-order valence-electron chi connectivity index (χ1n) is 5.18. The molecular formula is C11H9BrF3NO4. The first-order valence-corrected chi connectivity index (χ1v) is 5.97. The second-order valence-electron chi connectivity index (χ2n) is 3.74. The SMILES string of the molecule is O=C(NC(CO)C(=O)O)c1ccc(Br)c(C(F)(F)F)c1. The van der Waals surface area contributed by atoms with Gasteiger partial charge in [-0.25, -0.2) is 4.79 Å². The number of alkyl halides is 3. The molecule has 110 valence electrons. The molecule has 5 nitrogen and oxygen atoms in total. The molecule has 0 aliphatic rings. The van der Waals surface area contributed by atoms with Gasteiger partial charge in [0.05, 0.1) is 12.2 Å². The molecule has 0 heterocycles. The summed E-state index contributed by atoms with van der Waals surface area (Å²) >= 11 is 2.72. The van der Waals surface area contributed by atoms with Crippen molar-refractivity contribution >= 4 is 27.8 Å². The molecule has 0 aliphatic carbocycles. The van der Waals surface area contributed by atoms with Crippen LogP contribution in [-0.4, -0.2) is 34.7 Å². The molecule has 0 aromatic heterocycles. The Morgan fingerprint density at radius 2 is 1.95 bits per heavy atom. The second kappa shape index (κ2) is 6.23. The molecule has 0 fully saturated rings. The number of rotatable bonds is 4. The molecule has 0 radical (unpaired) electrons. The number of halogens is 4. The van der Waals surface area contributed by atoms with Crippen LogP contribution in [0.4, 0.5) is 13.2 Å². The van der Waals surface area contributed by atoms with Gasteiger partial charge in [0.25, 0.3) is 5.91 Å². The third-order valence-electron chi connectivity index (χ3n) is 2.32. The van der Waals surface area contributed by atoms with Crippen LogP contribution in [0, 0.1) is 0 Å². The molecule has 1 amide bonds. The van der Waals surface area contributed by atoms with Crippen LogP contribution in [-0.2, 0) is 11.0 Å². The fourth-order valence-corrected chi connectivity index (χ4v) is 1.78. The number of carboxylic acids is 1. The van der Waals surface area contributed by atoms with E-state index in [4.69, 9.17) is 10.2 Å². The molecule has 1 rings (SSSR count). The Kier molecular flexibility index (Phi) is 5.12. The van der Waals surface area contributed by atoms with Crippen molar-refractivity contribution in [2.45, 2.75) is 12.2 Å². The summed E-state index contributed by atoms with van der Waals surface area (Å²) in [7, 11) is 0. The van der Waals surface area contributed by atoms with E-state index < -0.39 is 36.3 Å². The number of aliphatic hydroxyl groups excluding tert-OH is 1. The van der Waals surface area contributed by atoms with E-state index in [1.54, 1.807) is 0 Å². The molecule has 0 bridgehead atoms. The van der Waals surface area contributed by atoms with Crippen molar-refractivity contribution in [3.8, 4) is 0 Å². The minimum Gasteiger partial charge on any atom is -0.480 e. The van der Waals surface area contributed by atoms with Crippen molar-refractivity contribution in [1.82, 2.24) is 5.32 Å². The molecule has 0 saturated carbocycles. The van der Waals surface area contributed by atoms with Gasteiger partial charge in [0.1, 0.15) is 0 Å². The van der Waals surface area contributed by atoms with Crippen LogP contribution in [0.3, 0.4) is 0 Å². The molecule has 3 N–H and O–H groups in total. The van der Waals surface area contributed by atoms with E-state index in [9.17, 15) is 22.8 Å². The van der Waals surface area contributed by atoms with E-state index >= 15 is 0 Å². The summed E-state index contributed by atoms with van der Waals surface area (Å²) < 4.78 is 37.7. The van der Waals surface area contributed by atoms with Crippen LogP contribution in [0.1, 0.15) is 15.9 Å². The highest BCUT2D eigenvalue weighted by molar-refractivity contribution is 9.10. The number of nitrogens with one attached hydrogen (secondary N) is 1. The molecule has 0 spiro atoms. The maximum absolute atomic E-state index is 12.7. The third-order valence-corrected chi connectivity index (χ3v) is 3.01. The molecular weight excluding hydrogens is 347 g/mol. The van der Waals surface area contributed by atoms with Gasteiger partial charge in [-0.2, -0.15) is 13.2 Å². The highest BCUT2D eigenvalue weighted by Gasteiger charge is 2.33. The van der Waals surface area contributed by atoms with Gasteiger partial charge in [-0.15, -0.1) is 0 Å². The number of hydrogen-bond acceptors (Lipinski definition) is 3. The van der Waals surface area contributed by atoms with Gasteiger partial charge in [-0.1, -0.05) is 15.9 Å². The normalized spacial score (nSPS) is 12.8. The van der Waals surface area contributed by atoms with Gasteiger partial charge < -0.3 is 15.5 Å². The summed E-state index contributed by atoms with van der Waals surface area (Å²) in [6.45, 7) is -0.871. The van der Waals surface area contributed by atoms with Crippen LogP contribution in [0.5, 0.6) is 0 Å². The topological polar surface area (TPSA) is 86.6 Å². The maximum atomic E-state index is 12.7. The van der Waals surface area contributed by atoms with Crippen molar-refractivity contribution in [2.24, 2.45) is 0 Å². The Morgan fingerprint density at radius 3 is 2.40 bits per heavy atom. The lowest BCUT2D eigenvalue weighted by Crippen LogP contribution is -2.43. The minimum absolute atomic E-state index is 0.238. The van der Waals surface area contributed by atoms with Gasteiger partial charge in [0.15, 0.2) is 6.04 Å². The summed E-state index contributed by atoms with van der Waals surface area (Å²) in [6.07, 6.45) is -4.65. The summed E-state index contributed by atoms with van der Waals surface area (Å²) in [6, 6.07) is 1.15. The van der Waals surface area contributed by atoms with Crippen molar-refractivity contribution in [1.29, 1.82) is 0 Å². The van der Waals surface area contributed by atoms with Crippen molar-refractivity contribution < 1.29 is 33.0 Å². The molecule has 1 atom stereocenters. The molecule has 1 aromatic rings. The van der Waals surface area contributed by atoms with E-state index in [0.717, 1.165) is 12.1 Å². The first kappa shape index (κ1) is 16.4. The Labute approximate surface area is 119 Å². The zero-order chi connectivity index (χ0) is 15.5. The largest absolute Gasteiger partial charge is 0.480 e. The monoisotopic (exact) mass is 355 g/mol. The van der Waals surface area contributed by atoms with E-state index in [2.05, 4.69) is 15.9 Å². The summed E-state index contributed by atoms with van der Waals surface area (Å²) in [5.41, 5.74) is -1.42. The predicted molar refractivity (Wildman–Crippen MR) is 65.1 cm³/mol. The number of aliphatic carboxylic acids is 1. The summed E-state index contributed by atoms with van der Waals surface area (Å²) in [4.78, 5) is 22.3. The van der Waals surface area contributed by atoms with E-state index in [0.29, 0.717) is 6.07 Å². The Hall–Kier alpha value is -1.61. The number of carbonyl (C=O) groups is 2. The van der Waals surface area contributed by atoms with Crippen LogP contribution in [0.15, 0.2) is 22.7 Å². The highest BCUT2D eigenvalue weighted by Crippen LogP contribution is 2.35. The maximum Gasteiger partial charge on any atom is 0.417 e. The summed E-state index contributed by atoms with van der Waals surface area (Å²) in [5.74, 6) is -2.52. The highest BCUT2D eigenvalue weighted by atomic mass is 79.9. The standard InChI is InChI=1S/C11H9BrF3NO4/c12-7-2-1-5(3-6(7)11(13,14)15)9(18)16-8(4-17)10(19)20/h1-3,8,17H,4H2,(H,16,18)(H,19,20). The Bertz CT molecular complexity index is 533. The number of benzene rings is 1. The molecule has 1 aromatic carbocycles. The van der Waals surface area contributed by atoms with Gasteiger partial charge in [0.2, 0.25) is 0 Å². The molecule has 0 saturated heterocycles. The molecule has 9 heteroatoms. The number of hydrogen-bond donors (Lipinski definition) is 3. The second-order valence-corrected chi connectivity index (χ2v) is 4.59. The third kappa shape index (κ3) is 3.94. The lowest BCUT2D eigenvalue weighted by molar-refractivity contribution is -0.140. The smallest absolute Gasteiger partial charge is 0.417 e. The van der Waals surface area contributed by atoms with Crippen LogP contribution < -0.4 is 5.32 Å². The van der Waals surface area contributed by atoms with Crippen molar-refractivity contribution in [2.75, 3.05) is 6.61 Å². The van der Waals surface area contributed by atoms with Gasteiger partial charge in [-0.05, 0) is 18.2 Å². The van der Waals surface area contributed by atoms with E-state index in [1.807, 2.05) is 5.32 Å². The summed E-state index contributed by atoms with van der Waals surface area (Å²) in [5, 5.41) is 19.3. The number of aliphatic hydroxyl groups is 1. The van der Waals surface area contributed by atoms with Gasteiger partial charge in [-0.3, -0.25) is 4.79 Å². The van der Waals surface area contributed by atoms with Gasteiger partial charge in [0, 0.05) is 10.0 Å². The average molecular weight is 356 g/mol.